The van der Waals surface area contributed by atoms with Crippen molar-refractivity contribution < 1.29 is 19.1 Å². The van der Waals surface area contributed by atoms with E-state index in [0.29, 0.717) is 18.9 Å². The SMILES string of the molecule is CC(C)(C)C(O)CNC(=O)Nc1cccc(COCc2ccco2)c1. The third kappa shape index (κ3) is 6.60. The Kier molecular flexibility index (Phi) is 6.61. The van der Waals surface area contributed by atoms with Crippen LogP contribution < -0.4 is 10.6 Å². The average molecular weight is 346 g/mol. The Hall–Kier alpha value is -2.31. The van der Waals surface area contributed by atoms with E-state index < -0.39 is 6.10 Å². The van der Waals surface area contributed by atoms with Crippen LogP contribution in [-0.2, 0) is 18.0 Å². The third-order valence-electron chi connectivity index (χ3n) is 3.73. The van der Waals surface area contributed by atoms with Crippen LogP contribution in [0.25, 0.3) is 0 Å². The van der Waals surface area contributed by atoms with E-state index in [1.54, 1.807) is 12.3 Å². The van der Waals surface area contributed by atoms with E-state index in [2.05, 4.69) is 10.6 Å². The molecule has 0 bridgehead atoms. The first-order chi connectivity index (χ1) is 11.8. The molecular weight excluding hydrogens is 320 g/mol. The van der Waals surface area contributed by atoms with Gasteiger partial charge in [0.25, 0.3) is 0 Å². The molecule has 2 rings (SSSR count). The molecule has 0 aliphatic rings. The third-order valence-corrected chi connectivity index (χ3v) is 3.73. The molecule has 1 aromatic carbocycles. The summed E-state index contributed by atoms with van der Waals surface area (Å²) in [4.78, 5) is 11.9. The van der Waals surface area contributed by atoms with E-state index in [1.165, 1.54) is 0 Å². The van der Waals surface area contributed by atoms with E-state index in [4.69, 9.17) is 9.15 Å². The Labute approximate surface area is 148 Å². The summed E-state index contributed by atoms with van der Waals surface area (Å²) in [5.74, 6) is 0.770. The molecule has 25 heavy (non-hydrogen) atoms. The van der Waals surface area contributed by atoms with Crippen molar-refractivity contribution in [2.75, 3.05) is 11.9 Å². The van der Waals surface area contributed by atoms with Gasteiger partial charge >= 0.3 is 6.03 Å². The number of rotatable bonds is 7. The van der Waals surface area contributed by atoms with E-state index >= 15 is 0 Å². The second-order valence-corrected chi connectivity index (χ2v) is 6.99. The first-order valence-electron chi connectivity index (χ1n) is 8.26. The standard InChI is InChI=1S/C19H26N2O4/c1-19(2,3)17(22)11-20-18(23)21-15-7-4-6-14(10-15)12-24-13-16-8-5-9-25-16/h4-10,17,22H,11-13H2,1-3H3,(H2,20,21,23). The fraction of sp³-hybridized carbons (Fsp3) is 0.421. The van der Waals surface area contributed by atoms with Gasteiger partial charge in [-0.2, -0.15) is 0 Å². The highest BCUT2D eigenvalue weighted by molar-refractivity contribution is 5.89. The summed E-state index contributed by atoms with van der Waals surface area (Å²) in [5.41, 5.74) is 1.33. The van der Waals surface area contributed by atoms with E-state index in [0.717, 1.165) is 11.3 Å². The largest absolute Gasteiger partial charge is 0.467 e. The number of benzene rings is 1. The van der Waals surface area contributed by atoms with E-state index in [9.17, 15) is 9.90 Å². The van der Waals surface area contributed by atoms with Crippen LogP contribution in [0.1, 0.15) is 32.1 Å². The van der Waals surface area contributed by atoms with Crippen molar-refractivity contribution in [3.05, 3.63) is 54.0 Å². The zero-order chi connectivity index (χ0) is 18.3. The Bertz CT molecular complexity index is 662. The highest BCUT2D eigenvalue weighted by Crippen LogP contribution is 2.18. The molecule has 136 valence electrons. The number of aliphatic hydroxyl groups is 1. The summed E-state index contributed by atoms with van der Waals surface area (Å²) < 4.78 is 10.8. The van der Waals surface area contributed by atoms with Crippen molar-refractivity contribution in [3.8, 4) is 0 Å². The summed E-state index contributed by atoms with van der Waals surface area (Å²) in [5, 5.41) is 15.4. The minimum Gasteiger partial charge on any atom is -0.467 e. The number of carbonyl (C=O) groups is 1. The lowest BCUT2D eigenvalue weighted by Crippen LogP contribution is -2.40. The van der Waals surface area contributed by atoms with Gasteiger partial charge in [0.2, 0.25) is 0 Å². The predicted molar refractivity (Wildman–Crippen MR) is 96.1 cm³/mol. The quantitative estimate of drug-likeness (QED) is 0.716. The maximum absolute atomic E-state index is 11.9. The molecule has 6 heteroatoms. The molecule has 0 saturated heterocycles. The number of furan rings is 1. The van der Waals surface area contributed by atoms with Crippen molar-refractivity contribution in [2.45, 2.75) is 40.1 Å². The number of amides is 2. The van der Waals surface area contributed by atoms with Crippen molar-refractivity contribution in [1.82, 2.24) is 5.32 Å². The monoisotopic (exact) mass is 346 g/mol. The maximum atomic E-state index is 11.9. The second-order valence-electron chi connectivity index (χ2n) is 6.99. The molecule has 0 aliphatic carbocycles. The van der Waals surface area contributed by atoms with Gasteiger partial charge in [0, 0.05) is 12.2 Å². The van der Waals surface area contributed by atoms with E-state index in [-0.39, 0.29) is 18.0 Å². The number of nitrogens with one attached hydrogen (secondary N) is 2. The van der Waals surface area contributed by atoms with Gasteiger partial charge in [-0.25, -0.2) is 4.79 Å². The molecule has 1 heterocycles. The van der Waals surface area contributed by atoms with Crippen LogP contribution in [0.2, 0.25) is 0 Å². The zero-order valence-electron chi connectivity index (χ0n) is 14.9. The van der Waals surface area contributed by atoms with Gasteiger partial charge in [-0.3, -0.25) is 0 Å². The van der Waals surface area contributed by atoms with Crippen LogP contribution in [0.15, 0.2) is 47.1 Å². The molecule has 1 aromatic heterocycles. The predicted octanol–water partition coefficient (Wildman–Crippen LogP) is 3.52. The van der Waals surface area contributed by atoms with Gasteiger partial charge in [-0.1, -0.05) is 32.9 Å². The van der Waals surface area contributed by atoms with Gasteiger partial charge in [-0.05, 0) is 35.2 Å². The van der Waals surface area contributed by atoms with Crippen molar-refractivity contribution in [1.29, 1.82) is 0 Å². The molecule has 1 unspecified atom stereocenters. The molecule has 0 radical (unpaired) electrons. The minimum absolute atomic E-state index is 0.196. The molecular formula is C19H26N2O4. The van der Waals surface area contributed by atoms with Gasteiger partial charge in [-0.15, -0.1) is 0 Å². The number of carbonyl (C=O) groups excluding carboxylic acids is 1. The molecule has 0 fully saturated rings. The van der Waals surface area contributed by atoms with Gasteiger partial charge in [0.05, 0.1) is 19.0 Å². The average Bonchev–Trinajstić information content (AvgIpc) is 3.05. The Balaban J connectivity index is 1.79. The number of aliphatic hydroxyl groups excluding tert-OH is 1. The first kappa shape index (κ1) is 19.0. The Morgan fingerprint density at radius 2 is 2.04 bits per heavy atom. The van der Waals surface area contributed by atoms with Crippen LogP contribution >= 0.6 is 0 Å². The van der Waals surface area contributed by atoms with Crippen molar-refractivity contribution in [2.24, 2.45) is 5.41 Å². The van der Waals surface area contributed by atoms with E-state index in [1.807, 2.05) is 51.1 Å². The van der Waals surface area contributed by atoms with Gasteiger partial charge in [0.15, 0.2) is 0 Å². The highest BCUT2D eigenvalue weighted by Gasteiger charge is 2.22. The normalized spacial score (nSPS) is 12.6. The lowest BCUT2D eigenvalue weighted by Gasteiger charge is -2.25. The number of ether oxygens (including phenoxy) is 1. The molecule has 2 amide bonds. The Morgan fingerprint density at radius 1 is 1.24 bits per heavy atom. The van der Waals surface area contributed by atoms with Gasteiger partial charge < -0.3 is 24.9 Å². The van der Waals surface area contributed by atoms with Crippen LogP contribution in [0.5, 0.6) is 0 Å². The van der Waals surface area contributed by atoms with Crippen LogP contribution in [-0.4, -0.2) is 23.8 Å². The lowest BCUT2D eigenvalue weighted by atomic mass is 9.89. The maximum Gasteiger partial charge on any atom is 0.319 e. The fourth-order valence-corrected chi connectivity index (χ4v) is 2.07. The van der Waals surface area contributed by atoms with Crippen molar-refractivity contribution in [3.63, 3.8) is 0 Å². The molecule has 3 N–H and O–H groups in total. The smallest absolute Gasteiger partial charge is 0.319 e. The molecule has 1 atom stereocenters. The molecule has 0 spiro atoms. The molecule has 0 aliphatic heterocycles. The number of hydrogen-bond donors (Lipinski definition) is 3. The minimum atomic E-state index is -0.611. The fourth-order valence-electron chi connectivity index (χ4n) is 2.07. The second kappa shape index (κ2) is 8.69. The molecule has 2 aromatic rings. The summed E-state index contributed by atoms with van der Waals surface area (Å²) in [7, 11) is 0. The number of anilines is 1. The first-order valence-corrected chi connectivity index (χ1v) is 8.26. The van der Waals surface area contributed by atoms with Crippen LogP contribution in [0.3, 0.4) is 0 Å². The highest BCUT2D eigenvalue weighted by atomic mass is 16.5. The number of hydrogen-bond acceptors (Lipinski definition) is 4. The van der Waals surface area contributed by atoms with Gasteiger partial charge in [0.1, 0.15) is 12.4 Å². The number of urea groups is 1. The topological polar surface area (TPSA) is 83.7 Å². The zero-order valence-corrected chi connectivity index (χ0v) is 14.9. The summed E-state index contributed by atoms with van der Waals surface area (Å²) >= 11 is 0. The summed E-state index contributed by atoms with van der Waals surface area (Å²) in [6.45, 7) is 6.77. The Morgan fingerprint density at radius 3 is 2.72 bits per heavy atom. The van der Waals surface area contributed by atoms with Crippen LogP contribution in [0, 0.1) is 5.41 Å². The summed E-state index contributed by atoms with van der Waals surface area (Å²) in [6, 6.07) is 10.8. The van der Waals surface area contributed by atoms with Crippen molar-refractivity contribution >= 4 is 11.7 Å². The van der Waals surface area contributed by atoms with Crippen LogP contribution in [0.4, 0.5) is 10.5 Å². The molecule has 6 nitrogen and oxygen atoms in total. The summed E-state index contributed by atoms with van der Waals surface area (Å²) in [6.07, 6.45) is 0.998. The molecule has 0 saturated carbocycles. The lowest BCUT2D eigenvalue weighted by molar-refractivity contribution is 0.0654.